The topological polar surface area (TPSA) is 138 Å². The third kappa shape index (κ3) is 4.21. The number of anilines is 1. The Bertz CT molecular complexity index is 1350. The first-order valence-electron chi connectivity index (χ1n) is 10.9. The summed E-state index contributed by atoms with van der Waals surface area (Å²) >= 11 is 0. The zero-order valence-corrected chi connectivity index (χ0v) is 18.4. The maximum absolute atomic E-state index is 12.6. The molecule has 0 aliphatic carbocycles. The number of amides is 2. The number of nitrogens with zero attached hydrogens (tertiary/aromatic N) is 4. The molecule has 178 valence electrons. The number of carbonyl (C=O) groups excluding carboxylic acids is 2. The van der Waals surface area contributed by atoms with Crippen LogP contribution in [0.5, 0.6) is 23.0 Å². The standard InChI is InChI=1S/C23H19N5O7/c29-20(24-14-2-5-16-19(10-14)32-8-7-31-16)11-28-21(30)6-3-15(26-28)23-25-22(27-35-23)13-1-4-17-18(9-13)34-12-33-17/h1-2,4-5,9-10H,3,6-8,11-12H2,(H,24,29). The maximum atomic E-state index is 12.6. The molecule has 3 aliphatic heterocycles. The Morgan fingerprint density at radius 1 is 0.943 bits per heavy atom. The highest BCUT2D eigenvalue weighted by Gasteiger charge is 2.27. The van der Waals surface area contributed by atoms with Crippen molar-refractivity contribution in [1.29, 1.82) is 0 Å². The summed E-state index contributed by atoms with van der Waals surface area (Å²) in [5.41, 5.74) is 1.64. The van der Waals surface area contributed by atoms with Crippen LogP contribution in [0.15, 0.2) is 46.0 Å². The van der Waals surface area contributed by atoms with Crippen LogP contribution >= 0.6 is 0 Å². The Labute approximate surface area is 198 Å². The number of nitrogens with one attached hydrogen (secondary N) is 1. The van der Waals surface area contributed by atoms with E-state index in [0.717, 1.165) is 5.01 Å². The average molecular weight is 477 g/mol. The molecule has 3 aromatic rings. The van der Waals surface area contributed by atoms with Crippen LogP contribution in [0.2, 0.25) is 0 Å². The molecule has 3 aliphatic rings. The van der Waals surface area contributed by atoms with Crippen LogP contribution in [0.25, 0.3) is 11.4 Å². The highest BCUT2D eigenvalue weighted by molar-refractivity contribution is 6.02. The molecule has 0 saturated heterocycles. The summed E-state index contributed by atoms with van der Waals surface area (Å²) in [6.07, 6.45) is 0.486. The third-order valence-electron chi connectivity index (χ3n) is 5.53. The second-order valence-electron chi connectivity index (χ2n) is 7.90. The Hall–Kier alpha value is -4.61. The van der Waals surface area contributed by atoms with Crippen molar-refractivity contribution in [3.63, 3.8) is 0 Å². The Morgan fingerprint density at radius 2 is 1.71 bits per heavy atom. The SMILES string of the molecule is O=C(CN1N=C(c2nc(-c3ccc4c(c3)OCO4)no2)CCC1=O)Nc1ccc2c(c1)OCCO2. The van der Waals surface area contributed by atoms with Crippen molar-refractivity contribution in [3.05, 3.63) is 42.3 Å². The van der Waals surface area contributed by atoms with Crippen molar-refractivity contribution in [3.8, 4) is 34.4 Å². The molecular weight excluding hydrogens is 458 g/mol. The van der Waals surface area contributed by atoms with Gasteiger partial charge in [0.2, 0.25) is 24.4 Å². The zero-order valence-electron chi connectivity index (χ0n) is 18.4. The fourth-order valence-corrected chi connectivity index (χ4v) is 3.83. The predicted octanol–water partition coefficient (Wildman–Crippen LogP) is 2.20. The number of ether oxygens (including phenoxy) is 4. The van der Waals surface area contributed by atoms with Crippen LogP contribution in [0.1, 0.15) is 18.7 Å². The van der Waals surface area contributed by atoms with Gasteiger partial charge in [-0.2, -0.15) is 10.1 Å². The van der Waals surface area contributed by atoms with Crippen molar-refractivity contribution >= 4 is 23.2 Å². The van der Waals surface area contributed by atoms with E-state index in [9.17, 15) is 9.59 Å². The van der Waals surface area contributed by atoms with Crippen molar-refractivity contribution in [2.45, 2.75) is 12.8 Å². The minimum Gasteiger partial charge on any atom is -0.486 e. The molecule has 1 N–H and O–H groups in total. The monoisotopic (exact) mass is 477 g/mol. The molecule has 6 rings (SSSR count). The summed E-state index contributed by atoms with van der Waals surface area (Å²) in [4.78, 5) is 29.4. The lowest BCUT2D eigenvalue weighted by Gasteiger charge is -2.22. The van der Waals surface area contributed by atoms with Gasteiger partial charge >= 0.3 is 0 Å². The molecule has 0 bridgehead atoms. The van der Waals surface area contributed by atoms with Gasteiger partial charge in [0, 0.05) is 30.2 Å². The van der Waals surface area contributed by atoms with Gasteiger partial charge in [0.25, 0.3) is 5.89 Å². The van der Waals surface area contributed by atoms with Gasteiger partial charge in [-0.3, -0.25) is 9.59 Å². The van der Waals surface area contributed by atoms with E-state index in [1.54, 1.807) is 36.4 Å². The molecule has 12 nitrogen and oxygen atoms in total. The smallest absolute Gasteiger partial charge is 0.274 e. The van der Waals surface area contributed by atoms with Gasteiger partial charge < -0.3 is 28.8 Å². The van der Waals surface area contributed by atoms with E-state index in [2.05, 4.69) is 20.6 Å². The summed E-state index contributed by atoms with van der Waals surface area (Å²) in [5.74, 6) is 2.27. The van der Waals surface area contributed by atoms with Crippen molar-refractivity contribution in [2.24, 2.45) is 5.10 Å². The van der Waals surface area contributed by atoms with E-state index < -0.39 is 5.91 Å². The molecule has 0 radical (unpaired) electrons. The van der Waals surface area contributed by atoms with Crippen molar-refractivity contribution in [1.82, 2.24) is 15.1 Å². The van der Waals surface area contributed by atoms with Crippen LogP contribution in [-0.2, 0) is 9.59 Å². The number of fused-ring (bicyclic) bond motifs is 2. The lowest BCUT2D eigenvalue weighted by atomic mass is 10.1. The molecule has 4 heterocycles. The summed E-state index contributed by atoms with van der Waals surface area (Å²) < 4.78 is 27.1. The second kappa shape index (κ2) is 8.63. The number of benzene rings is 2. The van der Waals surface area contributed by atoms with Crippen LogP contribution in [-0.4, -0.2) is 59.2 Å². The van der Waals surface area contributed by atoms with Gasteiger partial charge in [0.15, 0.2) is 23.0 Å². The first kappa shape index (κ1) is 21.0. The molecule has 2 aromatic carbocycles. The van der Waals surface area contributed by atoms with Gasteiger partial charge in [0.05, 0.1) is 0 Å². The molecule has 12 heteroatoms. The Balaban J connectivity index is 1.15. The molecule has 0 unspecified atom stereocenters. The third-order valence-corrected chi connectivity index (χ3v) is 5.53. The largest absolute Gasteiger partial charge is 0.486 e. The molecule has 0 atom stereocenters. The molecule has 35 heavy (non-hydrogen) atoms. The highest BCUT2D eigenvalue weighted by Crippen LogP contribution is 2.35. The quantitative estimate of drug-likeness (QED) is 0.586. The maximum Gasteiger partial charge on any atom is 0.274 e. The van der Waals surface area contributed by atoms with Crippen molar-refractivity contribution < 1.29 is 33.1 Å². The number of hydrazone groups is 1. The molecule has 0 fully saturated rings. The van der Waals surface area contributed by atoms with Gasteiger partial charge in [0.1, 0.15) is 25.5 Å². The number of aromatic nitrogens is 2. The van der Waals surface area contributed by atoms with Gasteiger partial charge in [-0.15, -0.1) is 0 Å². The number of hydrogen-bond acceptors (Lipinski definition) is 10. The van der Waals surface area contributed by atoms with E-state index in [0.29, 0.717) is 65.4 Å². The predicted molar refractivity (Wildman–Crippen MR) is 119 cm³/mol. The van der Waals surface area contributed by atoms with E-state index in [4.69, 9.17) is 23.5 Å². The molecule has 2 amide bonds. The van der Waals surface area contributed by atoms with Gasteiger partial charge in [-0.25, -0.2) is 5.01 Å². The second-order valence-corrected chi connectivity index (χ2v) is 7.90. The zero-order chi connectivity index (χ0) is 23.8. The first-order chi connectivity index (χ1) is 17.1. The van der Waals surface area contributed by atoms with Crippen LogP contribution in [0.4, 0.5) is 5.69 Å². The van der Waals surface area contributed by atoms with Crippen LogP contribution in [0, 0.1) is 0 Å². The van der Waals surface area contributed by atoms with Crippen molar-refractivity contribution in [2.75, 3.05) is 31.9 Å². The number of carbonyl (C=O) groups is 2. The molecule has 1 aromatic heterocycles. The van der Waals surface area contributed by atoms with E-state index in [1.165, 1.54) is 0 Å². The summed E-state index contributed by atoms with van der Waals surface area (Å²) in [7, 11) is 0. The fraction of sp³-hybridized carbons (Fsp3) is 0.261. The number of rotatable bonds is 5. The fourth-order valence-electron chi connectivity index (χ4n) is 3.83. The van der Waals surface area contributed by atoms with E-state index in [1.807, 2.05) is 0 Å². The summed E-state index contributed by atoms with van der Waals surface area (Å²) in [5, 5.41) is 12.2. The van der Waals surface area contributed by atoms with Crippen LogP contribution in [0.3, 0.4) is 0 Å². The van der Waals surface area contributed by atoms with E-state index >= 15 is 0 Å². The molecule has 0 saturated carbocycles. The van der Waals surface area contributed by atoms with Gasteiger partial charge in [-0.1, -0.05) is 5.16 Å². The highest BCUT2D eigenvalue weighted by atomic mass is 16.7. The average Bonchev–Trinajstić information content (AvgIpc) is 3.55. The Kier molecular flexibility index (Phi) is 5.17. The summed E-state index contributed by atoms with van der Waals surface area (Å²) in [6, 6.07) is 10.4. The Morgan fingerprint density at radius 3 is 2.63 bits per heavy atom. The van der Waals surface area contributed by atoms with E-state index in [-0.39, 0.29) is 31.6 Å². The normalized spacial score (nSPS) is 16.2. The lowest BCUT2D eigenvalue weighted by molar-refractivity contribution is -0.135. The summed E-state index contributed by atoms with van der Waals surface area (Å²) in [6.45, 7) is 0.823. The van der Waals surface area contributed by atoms with Gasteiger partial charge in [-0.05, 0) is 30.3 Å². The molecule has 0 spiro atoms. The number of hydrogen-bond donors (Lipinski definition) is 1. The lowest BCUT2D eigenvalue weighted by Crippen LogP contribution is -2.38. The first-order valence-corrected chi connectivity index (χ1v) is 10.9. The minimum absolute atomic E-state index is 0.165. The minimum atomic E-state index is -0.411. The molecular formula is C23H19N5O7. The van der Waals surface area contributed by atoms with Crippen LogP contribution < -0.4 is 24.3 Å².